The molecule has 0 aliphatic carbocycles. The highest BCUT2D eigenvalue weighted by atomic mass is 16.2. The van der Waals surface area contributed by atoms with Crippen molar-refractivity contribution >= 4 is 11.7 Å². The average molecular weight is 309 g/mol. The number of hydrogen-bond donors (Lipinski definition) is 1. The fourth-order valence-electron chi connectivity index (χ4n) is 2.90. The first-order chi connectivity index (χ1) is 11.3. The van der Waals surface area contributed by atoms with Gasteiger partial charge in [-0.25, -0.2) is 4.79 Å². The molecule has 0 saturated carbocycles. The molecule has 120 valence electrons. The minimum atomic E-state index is 0.0313. The summed E-state index contributed by atoms with van der Waals surface area (Å²) in [6.45, 7) is 4.02. The lowest BCUT2D eigenvalue weighted by Crippen LogP contribution is -2.41. The number of hydrogen-bond acceptors (Lipinski definition) is 2. The molecule has 0 spiro atoms. The predicted octanol–water partition coefficient (Wildman–Crippen LogP) is 3.11. The van der Waals surface area contributed by atoms with E-state index in [1.54, 1.807) is 0 Å². The van der Waals surface area contributed by atoms with Crippen LogP contribution in [0, 0.1) is 0 Å². The normalized spacial score (nSPS) is 15.1. The van der Waals surface area contributed by atoms with Crippen molar-refractivity contribution in [1.29, 1.82) is 0 Å². The summed E-state index contributed by atoms with van der Waals surface area (Å²) in [5.74, 6) is 0. The summed E-state index contributed by atoms with van der Waals surface area (Å²) >= 11 is 0. The van der Waals surface area contributed by atoms with Crippen LogP contribution in [0.15, 0.2) is 60.7 Å². The molecule has 2 amide bonds. The molecule has 0 unspecified atom stereocenters. The van der Waals surface area contributed by atoms with Gasteiger partial charge >= 0.3 is 6.03 Å². The maximum absolute atomic E-state index is 12.4. The van der Waals surface area contributed by atoms with Gasteiger partial charge < -0.3 is 15.1 Å². The number of carbonyl (C=O) groups is 1. The molecule has 0 aromatic heterocycles. The van der Waals surface area contributed by atoms with Crippen molar-refractivity contribution < 1.29 is 4.79 Å². The van der Waals surface area contributed by atoms with E-state index in [4.69, 9.17) is 0 Å². The smallest absolute Gasteiger partial charge is 0.317 e. The number of para-hydroxylation sites is 1. The van der Waals surface area contributed by atoms with Crippen molar-refractivity contribution in [2.45, 2.75) is 13.0 Å². The van der Waals surface area contributed by atoms with Crippen LogP contribution in [0.25, 0.3) is 0 Å². The van der Waals surface area contributed by atoms with Crippen LogP contribution in [-0.4, -0.2) is 37.1 Å². The molecule has 1 aliphatic heterocycles. The Balaban J connectivity index is 1.52. The third kappa shape index (κ3) is 4.25. The van der Waals surface area contributed by atoms with Crippen molar-refractivity contribution in [1.82, 2.24) is 10.2 Å². The highest BCUT2D eigenvalue weighted by molar-refractivity contribution is 5.74. The van der Waals surface area contributed by atoms with Gasteiger partial charge in [0.15, 0.2) is 0 Å². The number of urea groups is 1. The van der Waals surface area contributed by atoms with E-state index in [2.05, 4.69) is 34.5 Å². The van der Waals surface area contributed by atoms with Crippen LogP contribution in [0.2, 0.25) is 0 Å². The van der Waals surface area contributed by atoms with Crippen LogP contribution in [0.1, 0.15) is 12.0 Å². The molecular weight excluding hydrogens is 286 g/mol. The van der Waals surface area contributed by atoms with Crippen LogP contribution >= 0.6 is 0 Å². The maximum Gasteiger partial charge on any atom is 0.317 e. The lowest BCUT2D eigenvalue weighted by atomic mass is 10.2. The highest BCUT2D eigenvalue weighted by Gasteiger charge is 2.18. The minimum absolute atomic E-state index is 0.0313. The largest absolute Gasteiger partial charge is 0.370 e. The number of carbonyl (C=O) groups excluding carboxylic acids is 1. The van der Waals surface area contributed by atoms with Crippen LogP contribution in [0.4, 0.5) is 10.5 Å². The van der Waals surface area contributed by atoms with Gasteiger partial charge in [-0.05, 0) is 24.1 Å². The molecule has 3 rings (SSSR count). The Hall–Kier alpha value is -2.49. The van der Waals surface area contributed by atoms with Gasteiger partial charge in [-0.2, -0.15) is 0 Å². The molecular formula is C19H23N3O. The summed E-state index contributed by atoms with van der Waals surface area (Å²) in [5, 5.41) is 3.02. The quantitative estimate of drug-likeness (QED) is 0.945. The topological polar surface area (TPSA) is 35.6 Å². The molecule has 1 heterocycles. The Labute approximate surface area is 137 Å². The molecule has 4 heteroatoms. The van der Waals surface area contributed by atoms with E-state index >= 15 is 0 Å². The standard InChI is InChI=1S/C19H23N3O/c23-19(20-16-17-8-3-1-4-9-17)22-13-7-12-21(14-15-22)18-10-5-2-6-11-18/h1-6,8-11H,7,12-16H2,(H,20,23). The molecule has 23 heavy (non-hydrogen) atoms. The Morgan fingerprint density at radius 3 is 2.30 bits per heavy atom. The monoisotopic (exact) mass is 309 g/mol. The summed E-state index contributed by atoms with van der Waals surface area (Å²) in [6, 6.07) is 20.5. The summed E-state index contributed by atoms with van der Waals surface area (Å²) in [7, 11) is 0. The minimum Gasteiger partial charge on any atom is -0.370 e. The summed E-state index contributed by atoms with van der Waals surface area (Å²) in [4.78, 5) is 16.6. The van der Waals surface area contributed by atoms with E-state index in [9.17, 15) is 4.79 Å². The Kier molecular flexibility index (Phi) is 5.14. The zero-order valence-corrected chi connectivity index (χ0v) is 13.3. The van der Waals surface area contributed by atoms with Crippen molar-refractivity contribution in [2.75, 3.05) is 31.1 Å². The number of amides is 2. The number of rotatable bonds is 3. The zero-order valence-electron chi connectivity index (χ0n) is 13.3. The van der Waals surface area contributed by atoms with Gasteiger partial charge in [-0.15, -0.1) is 0 Å². The van der Waals surface area contributed by atoms with Gasteiger partial charge in [0.1, 0.15) is 0 Å². The molecule has 1 saturated heterocycles. The van der Waals surface area contributed by atoms with Crippen LogP contribution in [0.3, 0.4) is 0 Å². The average Bonchev–Trinajstić information content (AvgIpc) is 2.87. The maximum atomic E-state index is 12.4. The van der Waals surface area contributed by atoms with Crippen molar-refractivity contribution in [2.24, 2.45) is 0 Å². The molecule has 0 atom stereocenters. The summed E-state index contributed by atoms with van der Waals surface area (Å²) < 4.78 is 0. The van der Waals surface area contributed by atoms with E-state index in [1.165, 1.54) is 5.69 Å². The molecule has 1 fully saturated rings. The first-order valence-corrected chi connectivity index (χ1v) is 8.19. The lowest BCUT2D eigenvalue weighted by Gasteiger charge is -2.23. The zero-order chi connectivity index (χ0) is 15.9. The first-order valence-electron chi connectivity index (χ1n) is 8.19. The fourth-order valence-corrected chi connectivity index (χ4v) is 2.90. The van der Waals surface area contributed by atoms with Crippen molar-refractivity contribution in [3.05, 3.63) is 66.2 Å². The SMILES string of the molecule is O=C(NCc1ccccc1)N1CCCN(c2ccccc2)CC1. The molecule has 1 aliphatic rings. The second-order valence-electron chi connectivity index (χ2n) is 5.81. The van der Waals surface area contributed by atoms with Gasteiger partial charge in [0, 0.05) is 38.4 Å². The number of nitrogens with zero attached hydrogens (tertiary/aromatic N) is 2. The van der Waals surface area contributed by atoms with Gasteiger partial charge in [-0.1, -0.05) is 48.5 Å². The molecule has 1 N–H and O–H groups in total. The number of anilines is 1. The van der Waals surface area contributed by atoms with Crippen LogP contribution < -0.4 is 10.2 Å². The van der Waals surface area contributed by atoms with Crippen LogP contribution in [0.5, 0.6) is 0 Å². The summed E-state index contributed by atoms with van der Waals surface area (Å²) in [6.07, 6.45) is 0.994. The van der Waals surface area contributed by atoms with E-state index in [1.807, 2.05) is 41.3 Å². The van der Waals surface area contributed by atoms with Gasteiger partial charge in [-0.3, -0.25) is 0 Å². The van der Waals surface area contributed by atoms with Gasteiger partial charge in [0.05, 0.1) is 0 Å². The third-order valence-corrected chi connectivity index (χ3v) is 4.19. The molecule has 0 radical (unpaired) electrons. The van der Waals surface area contributed by atoms with Crippen molar-refractivity contribution in [3.8, 4) is 0 Å². The van der Waals surface area contributed by atoms with Gasteiger partial charge in [0.2, 0.25) is 0 Å². The van der Waals surface area contributed by atoms with Gasteiger partial charge in [0.25, 0.3) is 0 Å². The Bertz CT molecular complexity index is 615. The Morgan fingerprint density at radius 1 is 0.870 bits per heavy atom. The van der Waals surface area contributed by atoms with Crippen molar-refractivity contribution in [3.63, 3.8) is 0 Å². The second-order valence-corrected chi connectivity index (χ2v) is 5.81. The van der Waals surface area contributed by atoms with E-state index in [0.29, 0.717) is 6.54 Å². The lowest BCUT2D eigenvalue weighted by molar-refractivity contribution is 0.201. The molecule has 4 nitrogen and oxygen atoms in total. The second kappa shape index (κ2) is 7.68. The van der Waals surface area contributed by atoms with E-state index in [0.717, 1.165) is 38.2 Å². The predicted molar refractivity (Wildman–Crippen MR) is 93.5 cm³/mol. The molecule has 2 aromatic carbocycles. The van der Waals surface area contributed by atoms with E-state index < -0.39 is 0 Å². The summed E-state index contributed by atoms with van der Waals surface area (Å²) in [5.41, 5.74) is 2.36. The molecule has 0 bridgehead atoms. The number of benzene rings is 2. The number of nitrogens with one attached hydrogen (secondary N) is 1. The first kappa shape index (κ1) is 15.4. The fraction of sp³-hybridized carbons (Fsp3) is 0.316. The highest BCUT2D eigenvalue weighted by Crippen LogP contribution is 2.15. The van der Waals surface area contributed by atoms with E-state index in [-0.39, 0.29) is 6.03 Å². The Morgan fingerprint density at radius 2 is 1.57 bits per heavy atom. The molecule has 2 aromatic rings. The van der Waals surface area contributed by atoms with Crippen LogP contribution in [-0.2, 0) is 6.54 Å². The third-order valence-electron chi connectivity index (χ3n) is 4.19.